The van der Waals surface area contributed by atoms with Gasteiger partial charge in [0.1, 0.15) is 0 Å². The lowest BCUT2D eigenvalue weighted by atomic mass is 9.85. The van der Waals surface area contributed by atoms with Crippen LogP contribution in [0.5, 0.6) is 0 Å². The van der Waals surface area contributed by atoms with Crippen molar-refractivity contribution in [3.05, 3.63) is 23.5 Å². The second kappa shape index (κ2) is 3.90. The van der Waals surface area contributed by atoms with Crippen molar-refractivity contribution < 1.29 is 4.79 Å². The van der Waals surface area contributed by atoms with Gasteiger partial charge in [-0.1, -0.05) is 6.42 Å². The van der Waals surface area contributed by atoms with Crippen molar-refractivity contribution in [2.24, 2.45) is 5.92 Å². The molecule has 2 aromatic heterocycles. The van der Waals surface area contributed by atoms with E-state index in [1.807, 2.05) is 22.2 Å². The molecule has 4 nitrogen and oxygen atoms in total. The number of amides is 1. The second-order valence-electron chi connectivity index (χ2n) is 4.17. The zero-order valence-corrected chi connectivity index (χ0v) is 9.67. The van der Waals surface area contributed by atoms with Crippen molar-refractivity contribution >= 4 is 22.2 Å². The highest BCUT2D eigenvalue weighted by molar-refractivity contribution is 7.15. The smallest absolute Gasteiger partial charge is 0.223 e. The molecule has 0 bridgehead atoms. The predicted molar refractivity (Wildman–Crippen MR) is 62.3 cm³/mol. The highest BCUT2D eigenvalue weighted by atomic mass is 32.1. The molecule has 0 atom stereocenters. The van der Waals surface area contributed by atoms with Crippen LogP contribution in [-0.4, -0.2) is 15.3 Å². The summed E-state index contributed by atoms with van der Waals surface area (Å²) in [4.78, 5) is 17.0. The van der Waals surface area contributed by atoms with Crippen molar-refractivity contribution in [2.45, 2.75) is 25.8 Å². The lowest BCUT2D eigenvalue weighted by molar-refractivity contribution is -0.127. The van der Waals surface area contributed by atoms with Crippen LogP contribution in [-0.2, 0) is 11.3 Å². The van der Waals surface area contributed by atoms with Gasteiger partial charge in [0.2, 0.25) is 5.91 Å². The van der Waals surface area contributed by atoms with Crippen molar-refractivity contribution in [3.63, 3.8) is 0 Å². The Hall–Kier alpha value is -1.36. The minimum Gasteiger partial charge on any atom is -0.350 e. The summed E-state index contributed by atoms with van der Waals surface area (Å²) < 4.78 is 1.98. The summed E-state index contributed by atoms with van der Waals surface area (Å²) in [6, 6.07) is 0. The summed E-state index contributed by atoms with van der Waals surface area (Å²) in [5.74, 6) is 0.436. The molecule has 0 aromatic carbocycles. The van der Waals surface area contributed by atoms with Gasteiger partial charge in [-0.25, -0.2) is 4.98 Å². The molecule has 84 valence electrons. The maximum atomic E-state index is 11.6. The Balaban J connectivity index is 1.62. The molecule has 16 heavy (non-hydrogen) atoms. The van der Waals surface area contributed by atoms with E-state index in [0.717, 1.165) is 23.5 Å². The molecule has 0 aliphatic heterocycles. The van der Waals surface area contributed by atoms with Gasteiger partial charge >= 0.3 is 0 Å². The molecule has 0 unspecified atom stereocenters. The molecule has 1 N–H and O–H groups in total. The third-order valence-corrected chi connectivity index (χ3v) is 3.83. The van der Waals surface area contributed by atoms with Crippen LogP contribution in [0, 0.1) is 5.92 Å². The normalized spacial score (nSPS) is 16.2. The summed E-state index contributed by atoms with van der Waals surface area (Å²) in [5.41, 5.74) is 0.930. The first-order valence-electron chi connectivity index (χ1n) is 5.52. The van der Waals surface area contributed by atoms with Crippen LogP contribution in [0.3, 0.4) is 0 Å². The zero-order chi connectivity index (χ0) is 11.0. The molecule has 3 rings (SSSR count). The van der Waals surface area contributed by atoms with Gasteiger partial charge in [0, 0.05) is 23.7 Å². The molecule has 2 aromatic rings. The van der Waals surface area contributed by atoms with Crippen LogP contribution < -0.4 is 5.32 Å². The maximum absolute atomic E-state index is 11.6. The first kappa shape index (κ1) is 9.84. The van der Waals surface area contributed by atoms with Crippen LogP contribution in [0.2, 0.25) is 0 Å². The average Bonchev–Trinajstić information content (AvgIpc) is 2.70. The number of nitrogens with zero attached hydrogens (tertiary/aromatic N) is 2. The van der Waals surface area contributed by atoms with Gasteiger partial charge in [-0.05, 0) is 12.8 Å². The van der Waals surface area contributed by atoms with Gasteiger partial charge in [-0.3, -0.25) is 9.20 Å². The molecular formula is C11H13N3OS. The van der Waals surface area contributed by atoms with E-state index in [0.29, 0.717) is 6.54 Å². The lowest BCUT2D eigenvalue weighted by Crippen LogP contribution is -2.34. The number of imidazole rings is 1. The van der Waals surface area contributed by atoms with Gasteiger partial charge in [-0.2, -0.15) is 0 Å². The molecule has 0 saturated heterocycles. The number of fused-ring (bicyclic) bond motifs is 1. The molecule has 0 radical (unpaired) electrons. The third kappa shape index (κ3) is 1.71. The Kier molecular flexibility index (Phi) is 2.40. The number of thiazole rings is 1. The van der Waals surface area contributed by atoms with Crippen molar-refractivity contribution in [1.29, 1.82) is 0 Å². The fourth-order valence-electron chi connectivity index (χ4n) is 1.85. The number of carbonyl (C=O) groups is 1. The van der Waals surface area contributed by atoms with Crippen LogP contribution in [0.15, 0.2) is 17.8 Å². The summed E-state index contributed by atoms with van der Waals surface area (Å²) in [6.07, 6.45) is 7.23. The number of nitrogens with one attached hydrogen (secondary N) is 1. The van der Waals surface area contributed by atoms with Crippen LogP contribution in [0.1, 0.15) is 25.0 Å². The van der Waals surface area contributed by atoms with E-state index in [2.05, 4.69) is 10.3 Å². The summed E-state index contributed by atoms with van der Waals surface area (Å²) in [7, 11) is 0. The quantitative estimate of drug-likeness (QED) is 0.882. The van der Waals surface area contributed by atoms with Gasteiger partial charge in [0.15, 0.2) is 4.96 Å². The van der Waals surface area contributed by atoms with Gasteiger partial charge in [0.25, 0.3) is 0 Å². The van der Waals surface area contributed by atoms with Crippen LogP contribution >= 0.6 is 11.3 Å². The highest BCUT2D eigenvalue weighted by Crippen LogP contribution is 2.26. The number of hydrogen-bond donors (Lipinski definition) is 1. The maximum Gasteiger partial charge on any atom is 0.223 e. The Morgan fingerprint density at radius 3 is 3.19 bits per heavy atom. The molecule has 5 heteroatoms. The van der Waals surface area contributed by atoms with E-state index in [4.69, 9.17) is 0 Å². The number of aromatic nitrogens is 2. The lowest BCUT2D eigenvalue weighted by Gasteiger charge is -2.23. The Morgan fingerprint density at radius 1 is 1.62 bits per heavy atom. The van der Waals surface area contributed by atoms with Gasteiger partial charge in [-0.15, -0.1) is 11.3 Å². The minimum absolute atomic E-state index is 0.183. The molecule has 1 aliphatic rings. The summed E-state index contributed by atoms with van der Waals surface area (Å²) in [5, 5.41) is 4.94. The van der Waals surface area contributed by atoms with E-state index in [-0.39, 0.29) is 11.8 Å². The Labute approximate surface area is 97.3 Å². The summed E-state index contributed by atoms with van der Waals surface area (Å²) >= 11 is 1.60. The molecule has 1 fully saturated rings. The van der Waals surface area contributed by atoms with E-state index >= 15 is 0 Å². The molecule has 0 spiro atoms. The Morgan fingerprint density at radius 2 is 2.50 bits per heavy atom. The molecule has 1 aliphatic carbocycles. The zero-order valence-electron chi connectivity index (χ0n) is 8.85. The monoisotopic (exact) mass is 235 g/mol. The fraction of sp³-hybridized carbons (Fsp3) is 0.455. The number of rotatable bonds is 3. The number of carbonyl (C=O) groups excluding carboxylic acids is 1. The van der Waals surface area contributed by atoms with E-state index in [1.54, 1.807) is 11.3 Å². The van der Waals surface area contributed by atoms with Crippen LogP contribution in [0.25, 0.3) is 4.96 Å². The topological polar surface area (TPSA) is 46.4 Å². The van der Waals surface area contributed by atoms with Crippen molar-refractivity contribution in [3.8, 4) is 0 Å². The SMILES string of the molecule is O=C(NCc1cn2ccsc2n1)C1CCC1. The largest absolute Gasteiger partial charge is 0.350 e. The van der Waals surface area contributed by atoms with Gasteiger partial charge < -0.3 is 5.32 Å². The third-order valence-electron chi connectivity index (χ3n) is 3.06. The van der Waals surface area contributed by atoms with Crippen molar-refractivity contribution in [1.82, 2.24) is 14.7 Å². The molecular weight excluding hydrogens is 222 g/mol. The molecule has 1 saturated carbocycles. The first-order chi connectivity index (χ1) is 7.83. The average molecular weight is 235 g/mol. The number of hydrogen-bond acceptors (Lipinski definition) is 3. The van der Waals surface area contributed by atoms with Crippen LogP contribution in [0.4, 0.5) is 0 Å². The van der Waals surface area contributed by atoms with E-state index in [1.165, 1.54) is 6.42 Å². The van der Waals surface area contributed by atoms with E-state index < -0.39 is 0 Å². The second-order valence-corrected chi connectivity index (χ2v) is 5.04. The molecule has 2 heterocycles. The van der Waals surface area contributed by atoms with Crippen molar-refractivity contribution in [2.75, 3.05) is 0 Å². The Bertz CT molecular complexity index is 484. The summed E-state index contributed by atoms with van der Waals surface area (Å²) in [6.45, 7) is 0.545. The fourth-order valence-corrected chi connectivity index (χ4v) is 2.57. The van der Waals surface area contributed by atoms with E-state index in [9.17, 15) is 4.79 Å². The predicted octanol–water partition coefficient (Wildman–Crippen LogP) is 1.81. The van der Waals surface area contributed by atoms with Gasteiger partial charge in [0.05, 0.1) is 12.2 Å². The first-order valence-corrected chi connectivity index (χ1v) is 6.40. The highest BCUT2D eigenvalue weighted by Gasteiger charge is 2.24. The standard InChI is InChI=1S/C11H13N3OS/c15-10(8-2-1-3-8)12-6-9-7-14-4-5-16-11(14)13-9/h4-5,7-8H,1-3,6H2,(H,12,15). The molecule has 1 amide bonds. The minimum atomic E-state index is 0.183.